The van der Waals surface area contributed by atoms with Crippen molar-refractivity contribution < 1.29 is 9.63 Å². The first kappa shape index (κ1) is 9.34. The standard InChI is InChI=1S/C9H13O2P/c1-5-4-8(10)6(2)7(3)9(5)11-12/h4,10H,12H2,1-3H3. The van der Waals surface area contributed by atoms with Crippen molar-refractivity contribution in [3.63, 3.8) is 0 Å². The Morgan fingerprint density at radius 3 is 2.33 bits per heavy atom. The minimum absolute atomic E-state index is 0.329. The van der Waals surface area contributed by atoms with Crippen molar-refractivity contribution in [3.05, 3.63) is 22.8 Å². The van der Waals surface area contributed by atoms with Gasteiger partial charge in [0.25, 0.3) is 0 Å². The molecule has 1 unspecified atom stereocenters. The average Bonchev–Trinajstić information content (AvgIpc) is 2.01. The van der Waals surface area contributed by atoms with Crippen molar-refractivity contribution in [2.75, 3.05) is 0 Å². The summed E-state index contributed by atoms with van der Waals surface area (Å²) in [5.41, 5.74) is 2.81. The fraction of sp³-hybridized carbons (Fsp3) is 0.333. The van der Waals surface area contributed by atoms with Gasteiger partial charge >= 0.3 is 0 Å². The topological polar surface area (TPSA) is 29.5 Å². The molecule has 66 valence electrons. The van der Waals surface area contributed by atoms with Gasteiger partial charge in [0.15, 0.2) is 0 Å². The van der Waals surface area contributed by atoms with E-state index >= 15 is 0 Å². The predicted octanol–water partition coefficient (Wildman–Crippen LogP) is 2.49. The number of aryl methyl sites for hydroxylation is 1. The third-order valence-electron chi connectivity index (χ3n) is 2.12. The van der Waals surface area contributed by atoms with E-state index in [1.165, 1.54) is 0 Å². The van der Waals surface area contributed by atoms with Gasteiger partial charge in [-0.05, 0) is 43.5 Å². The molecule has 0 amide bonds. The van der Waals surface area contributed by atoms with Crippen LogP contribution < -0.4 is 4.52 Å². The van der Waals surface area contributed by atoms with Gasteiger partial charge in [0.2, 0.25) is 0 Å². The van der Waals surface area contributed by atoms with Crippen LogP contribution in [0.5, 0.6) is 11.5 Å². The first-order valence-corrected chi connectivity index (χ1v) is 4.21. The Kier molecular flexibility index (Phi) is 2.58. The molecular weight excluding hydrogens is 171 g/mol. The maximum atomic E-state index is 9.44. The van der Waals surface area contributed by atoms with E-state index in [9.17, 15) is 5.11 Å². The van der Waals surface area contributed by atoms with Gasteiger partial charge < -0.3 is 9.63 Å². The van der Waals surface area contributed by atoms with Crippen LogP contribution in [0.4, 0.5) is 0 Å². The van der Waals surface area contributed by atoms with Gasteiger partial charge in [-0.1, -0.05) is 0 Å². The third kappa shape index (κ3) is 1.39. The van der Waals surface area contributed by atoms with Crippen LogP contribution in [0.3, 0.4) is 0 Å². The van der Waals surface area contributed by atoms with Gasteiger partial charge in [-0.25, -0.2) is 0 Å². The van der Waals surface area contributed by atoms with Crippen LogP contribution in [0.1, 0.15) is 16.7 Å². The predicted molar refractivity (Wildman–Crippen MR) is 52.7 cm³/mol. The highest BCUT2D eigenvalue weighted by molar-refractivity contribution is 7.10. The normalized spacial score (nSPS) is 10.0. The summed E-state index contributed by atoms with van der Waals surface area (Å²) in [7, 11) is 2.22. The minimum atomic E-state index is 0.329. The summed E-state index contributed by atoms with van der Waals surface area (Å²) < 4.78 is 5.12. The molecule has 1 atom stereocenters. The largest absolute Gasteiger partial charge is 0.508 e. The zero-order chi connectivity index (χ0) is 9.30. The number of phenolic OH excluding ortho intramolecular Hbond substituents is 1. The van der Waals surface area contributed by atoms with Gasteiger partial charge in [0, 0.05) is 0 Å². The second-order valence-electron chi connectivity index (χ2n) is 2.91. The lowest BCUT2D eigenvalue weighted by molar-refractivity contribution is 0.468. The molecule has 0 aliphatic carbocycles. The minimum Gasteiger partial charge on any atom is -0.508 e. The van der Waals surface area contributed by atoms with Gasteiger partial charge in [-0.3, -0.25) is 0 Å². The lowest BCUT2D eigenvalue weighted by atomic mass is 10.0. The fourth-order valence-electron chi connectivity index (χ4n) is 1.22. The number of hydrogen-bond acceptors (Lipinski definition) is 2. The van der Waals surface area contributed by atoms with Crippen molar-refractivity contribution in [1.29, 1.82) is 0 Å². The fourth-order valence-corrected chi connectivity index (χ4v) is 1.58. The molecule has 0 saturated carbocycles. The monoisotopic (exact) mass is 184 g/mol. The van der Waals surface area contributed by atoms with Gasteiger partial charge in [0.1, 0.15) is 11.5 Å². The van der Waals surface area contributed by atoms with Crippen LogP contribution in [-0.2, 0) is 0 Å². The zero-order valence-electron chi connectivity index (χ0n) is 7.51. The summed E-state index contributed by atoms with van der Waals surface area (Å²) >= 11 is 0. The molecule has 1 aromatic carbocycles. The molecule has 0 bridgehead atoms. The molecule has 0 fully saturated rings. The van der Waals surface area contributed by atoms with Gasteiger partial charge in [-0.2, -0.15) is 0 Å². The summed E-state index contributed by atoms with van der Waals surface area (Å²) in [6.45, 7) is 5.71. The second kappa shape index (κ2) is 3.32. The van der Waals surface area contributed by atoms with E-state index in [2.05, 4.69) is 9.47 Å². The van der Waals surface area contributed by atoms with E-state index in [1.807, 2.05) is 20.8 Å². The molecular formula is C9H13O2P. The number of aromatic hydroxyl groups is 1. The highest BCUT2D eigenvalue weighted by Gasteiger charge is 2.08. The molecule has 0 spiro atoms. The molecule has 1 aromatic rings. The lowest BCUT2D eigenvalue weighted by Crippen LogP contribution is -1.89. The van der Waals surface area contributed by atoms with E-state index in [0.29, 0.717) is 5.75 Å². The molecule has 0 aliphatic heterocycles. The molecule has 1 N–H and O–H groups in total. The smallest absolute Gasteiger partial charge is 0.128 e. The highest BCUT2D eigenvalue weighted by atomic mass is 31.0. The lowest BCUT2D eigenvalue weighted by Gasteiger charge is -2.11. The maximum Gasteiger partial charge on any atom is 0.128 e. The van der Waals surface area contributed by atoms with Crippen molar-refractivity contribution in [1.82, 2.24) is 0 Å². The molecule has 0 aromatic heterocycles. The van der Waals surface area contributed by atoms with E-state index in [1.54, 1.807) is 6.07 Å². The third-order valence-corrected chi connectivity index (χ3v) is 2.35. The Morgan fingerprint density at radius 2 is 1.83 bits per heavy atom. The first-order valence-electron chi connectivity index (χ1n) is 3.74. The molecule has 0 aliphatic rings. The van der Waals surface area contributed by atoms with Gasteiger partial charge in [-0.15, -0.1) is 0 Å². The highest BCUT2D eigenvalue weighted by Crippen LogP contribution is 2.32. The number of benzene rings is 1. The SMILES string of the molecule is Cc1cc(O)c(C)c(C)c1OP. The molecule has 0 saturated heterocycles. The Labute approximate surface area is 74.9 Å². The summed E-state index contributed by atoms with van der Waals surface area (Å²) in [5.74, 6) is 1.16. The van der Waals surface area contributed by atoms with E-state index in [0.717, 1.165) is 22.4 Å². The van der Waals surface area contributed by atoms with Crippen molar-refractivity contribution in [2.24, 2.45) is 0 Å². The number of rotatable bonds is 1. The van der Waals surface area contributed by atoms with E-state index in [-0.39, 0.29) is 0 Å². The number of hydrogen-bond donors (Lipinski definition) is 1. The zero-order valence-corrected chi connectivity index (χ0v) is 8.66. The van der Waals surface area contributed by atoms with Crippen LogP contribution in [-0.4, -0.2) is 5.11 Å². The summed E-state index contributed by atoms with van der Waals surface area (Å²) in [5, 5.41) is 9.44. The van der Waals surface area contributed by atoms with Crippen molar-refractivity contribution >= 4 is 9.47 Å². The Morgan fingerprint density at radius 1 is 1.25 bits per heavy atom. The van der Waals surface area contributed by atoms with Gasteiger partial charge in [0.05, 0.1) is 9.47 Å². The maximum absolute atomic E-state index is 9.44. The van der Waals surface area contributed by atoms with Crippen LogP contribution in [0, 0.1) is 20.8 Å². The van der Waals surface area contributed by atoms with Crippen LogP contribution >= 0.6 is 9.47 Å². The van der Waals surface area contributed by atoms with Crippen LogP contribution in [0.2, 0.25) is 0 Å². The van der Waals surface area contributed by atoms with Crippen LogP contribution in [0.15, 0.2) is 6.07 Å². The molecule has 12 heavy (non-hydrogen) atoms. The quantitative estimate of drug-likeness (QED) is 0.679. The Hall–Kier alpha value is -0.750. The molecule has 1 rings (SSSR count). The second-order valence-corrected chi connectivity index (χ2v) is 3.15. The Bertz CT molecular complexity index is 308. The van der Waals surface area contributed by atoms with Crippen molar-refractivity contribution in [3.8, 4) is 11.5 Å². The van der Waals surface area contributed by atoms with E-state index < -0.39 is 0 Å². The summed E-state index contributed by atoms with van der Waals surface area (Å²) in [6, 6.07) is 1.71. The average molecular weight is 184 g/mol. The molecule has 3 heteroatoms. The Balaban J connectivity index is 3.40. The van der Waals surface area contributed by atoms with Crippen molar-refractivity contribution in [2.45, 2.75) is 20.8 Å². The van der Waals surface area contributed by atoms with Crippen LogP contribution in [0.25, 0.3) is 0 Å². The van der Waals surface area contributed by atoms with E-state index in [4.69, 9.17) is 4.52 Å². The number of phenols is 1. The molecule has 0 heterocycles. The first-order chi connectivity index (χ1) is 5.57. The molecule has 0 radical (unpaired) electrons. The molecule has 2 nitrogen and oxygen atoms in total. The summed E-state index contributed by atoms with van der Waals surface area (Å²) in [6.07, 6.45) is 0. The summed E-state index contributed by atoms with van der Waals surface area (Å²) in [4.78, 5) is 0.